The van der Waals surface area contributed by atoms with Crippen LogP contribution in [-0.4, -0.2) is 6.61 Å². The zero-order valence-electron chi connectivity index (χ0n) is 24.5. The Hall–Kier alpha value is -1.57. The number of unbranched alkanes of at least 4 members (excludes halogenated alkanes) is 5. The van der Waals surface area contributed by atoms with Crippen molar-refractivity contribution in [1.29, 1.82) is 0 Å². The average Bonchev–Trinajstić information content (AvgIpc) is 2.77. The van der Waals surface area contributed by atoms with Gasteiger partial charge in [0.05, 0.1) is 6.61 Å². The summed E-state index contributed by atoms with van der Waals surface area (Å²) < 4.78 is 19.9. The molecule has 0 unspecified atom stereocenters. The minimum atomic E-state index is -1.58. The van der Waals surface area contributed by atoms with E-state index in [2.05, 4.69) is 93.5 Å². The molecule has 3 rings (SSSR count). The van der Waals surface area contributed by atoms with Crippen LogP contribution in [0.2, 0.25) is 0 Å². The molecule has 0 atom stereocenters. The van der Waals surface area contributed by atoms with E-state index in [1.165, 1.54) is 65.5 Å². The standard InChI is InChI=1S/C32H49O3P/c1-11-12-13-14-15-16-17-33-36-34-29-25(18-22(2)20-27(29)31(5,6)7)24(4)26-19-23(3)21-28(30(26)35-36)32(8,9)10/h18-21,24H,11-17H2,1-10H3. The lowest BCUT2D eigenvalue weighted by molar-refractivity contribution is 0.253. The monoisotopic (exact) mass is 512 g/mol. The fraction of sp³-hybridized carbons (Fsp3) is 0.625. The van der Waals surface area contributed by atoms with Gasteiger partial charge in [-0.25, -0.2) is 0 Å². The zero-order valence-corrected chi connectivity index (χ0v) is 25.4. The fourth-order valence-electron chi connectivity index (χ4n) is 4.97. The van der Waals surface area contributed by atoms with Crippen molar-refractivity contribution in [2.24, 2.45) is 0 Å². The Kier molecular flexibility index (Phi) is 9.56. The van der Waals surface area contributed by atoms with Gasteiger partial charge in [-0.3, -0.25) is 4.52 Å². The molecule has 1 aliphatic heterocycles. The quantitative estimate of drug-likeness (QED) is 0.260. The van der Waals surface area contributed by atoms with E-state index in [-0.39, 0.29) is 16.7 Å². The minimum absolute atomic E-state index is 0.0543. The molecule has 0 radical (unpaired) electrons. The first-order chi connectivity index (χ1) is 16.8. The second-order valence-corrected chi connectivity index (χ2v) is 13.8. The predicted octanol–water partition coefficient (Wildman–Crippen LogP) is 10.4. The zero-order chi connectivity index (χ0) is 26.7. The maximum atomic E-state index is 6.74. The molecule has 0 N–H and O–H groups in total. The highest BCUT2D eigenvalue weighted by Crippen LogP contribution is 2.55. The van der Waals surface area contributed by atoms with Crippen LogP contribution in [0.15, 0.2) is 24.3 Å². The lowest BCUT2D eigenvalue weighted by Gasteiger charge is -2.34. The first-order valence-corrected chi connectivity index (χ1v) is 15.0. The number of hydrogen-bond acceptors (Lipinski definition) is 3. The molecule has 1 heterocycles. The first kappa shape index (κ1) is 29.0. The highest BCUT2D eigenvalue weighted by Gasteiger charge is 2.35. The molecule has 0 fully saturated rings. The smallest absolute Gasteiger partial charge is 0.417 e. The van der Waals surface area contributed by atoms with Crippen LogP contribution >= 0.6 is 8.60 Å². The number of hydrogen-bond donors (Lipinski definition) is 0. The van der Waals surface area contributed by atoms with Crippen molar-refractivity contribution < 1.29 is 13.6 Å². The molecule has 0 spiro atoms. The van der Waals surface area contributed by atoms with Crippen LogP contribution in [-0.2, 0) is 15.4 Å². The molecule has 0 aromatic heterocycles. The van der Waals surface area contributed by atoms with Gasteiger partial charge in [-0.15, -0.1) is 0 Å². The predicted molar refractivity (Wildman–Crippen MR) is 155 cm³/mol. The molecule has 0 bridgehead atoms. The van der Waals surface area contributed by atoms with E-state index in [1.807, 2.05) is 0 Å². The van der Waals surface area contributed by atoms with E-state index < -0.39 is 8.60 Å². The van der Waals surface area contributed by atoms with Gasteiger partial charge in [-0.05, 0) is 31.1 Å². The average molecular weight is 513 g/mol. The second-order valence-electron chi connectivity index (χ2n) is 12.7. The molecule has 3 nitrogen and oxygen atoms in total. The van der Waals surface area contributed by atoms with Gasteiger partial charge in [0.15, 0.2) is 0 Å². The van der Waals surface area contributed by atoms with Crippen molar-refractivity contribution in [1.82, 2.24) is 0 Å². The molecule has 0 saturated carbocycles. The van der Waals surface area contributed by atoms with Crippen LogP contribution in [0.3, 0.4) is 0 Å². The normalized spacial score (nSPS) is 17.9. The number of rotatable bonds is 8. The Bertz CT molecular complexity index is 956. The van der Waals surface area contributed by atoms with E-state index in [0.717, 1.165) is 17.9 Å². The molecular weight excluding hydrogens is 463 g/mol. The number of fused-ring (bicyclic) bond motifs is 2. The highest BCUT2D eigenvalue weighted by atomic mass is 31.2. The van der Waals surface area contributed by atoms with E-state index in [0.29, 0.717) is 6.61 Å². The minimum Gasteiger partial charge on any atom is -0.417 e. The summed E-state index contributed by atoms with van der Waals surface area (Å²) in [7, 11) is -1.58. The van der Waals surface area contributed by atoms with Gasteiger partial charge in [0.1, 0.15) is 11.5 Å². The Labute approximate surface area is 222 Å². The summed E-state index contributed by atoms with van der Waals surface area (Å²) in [5.74, 6) is 2.03. The van der Waals surface area contributed by atoms with Gasteiger partial charge < -0.3 is 9.05 Å². The van der Waals surface area contributed by atoms with Crippen LogP contribution in [0.5, 0.6) is 11.5 Å². The summed E-state index contributed by atoms with van der Waals surface area (Å²) >= 11 is 0. The number of benzene rings is 2. The second kappa shape index (κ2) is 11.9. The third kappa shape index (κ3) is 7.05. The van der Waals surface area contributed by atoms with E-state index in [1.54, 1.807) is 0 Å². The van der Waals surface area contributed by atoms with Crippen LogP contribution < -0.4 is 9.05 Å². The Morgan fingerprint density at radius 1 is 0.722 bits per heavy atom. The molecule has 2 aromatic rings. The summed E-state index contributed by atoms with van der Waals surface area (Å²) in [6.07, 6.45) is 7.37. The Morgan fingerprint density at radius 3 is 1.61 bits per heavy atom. The summed E-state index contributed by atoms with van der Waals surface area (Å²) in [5.41, 5.74) is 7.31. The van der Waals surface area contributed by atoms with Gasteiger partial charge >= 0.3 is 8.60 Å². The topological polar surface area (TPSA) is 27.7 Å². The fourth-order valence-corrected chi connectivity index (χ4v) is 6.10. The Balaban J connectivity index is 2.06. The van der Waals surface area contributed by atoms with Gasteiger partial charge in [0.25, 0.3) is 0 Å². The molecule has 36 heavy (non-hydrogen) atoms. The molecule has 4 heteroatoms. The van der Waals surface area contributed by atoms with Gasteiger partial charge in [-0.1, -0.05) is 123 Å². The van der Waals surface area contributed by atoms with Crippen LogP contribution in [0.25, 0.3) is 0 Å². The van der Waals surface area contributed by atoms with Crippen molar-refractivity contribution in [3.63, 3.8) is 0 Å². The van der Waals surface area contributed by atoms with Crippen LogP contribution in [0.1, 0.15) is 133 Å². The molecule has 1 aliphatic rings. The molecular formula is C32H49O3P. The van der Waals surface area contributed by atoms with E-state index >= 15 is 0 Å². The van der Waals surface area contributed by atoms with Crippen molar-refractivity contribution in [3.8, 4) is 11.5 Å². The van der Waals surface area contributed by atoms with E-state index in [9.17, 15) is 0 Å². The summed E-state index contributed by atoms with van der Waals surface area (Å²) in [6.45, 7) is 23.1. The lowest BCUT2D eigenvalue weighted by Crippen LogP contribution is -2.20. The van der Waals surface area contributed by atoms with Crippen LogP contribution in [0, 0.1) is 13.8 Å². The largest absolute Gasteiger partial charge is 0.463 e. The summed E-state index contributed by atoms with van der Waals surface area (Å²) in [5, 5.41) is 0. The van der Waals surface area contributed by atoms with Crippen molar-refractivity contribution in [2.45, 2.75) is 125 Å². The molecule has 200 valence electrons. The maximum absolute atomic E-state index is 6.74. The highest BCUT2D eigenvalue weighted by molar-refractivity contribution is 7.42. The maximum Gasteiger partial charge on any atom is 0.463 e. The van der Waals surface area contributed by atoms with Gasteiger partial charge in [0.2, 0.25) is 0 Å². The lowest BCUT2D eigenvalue weighted by atomic mass is 9.79. The van der Waals surface area contributed by atoms with E-state index in [4.69, 9.17) is 13.6 Å². The molecule has 2 aromatic carbocycles. The molecule has 0 amide bonds. The van der Waals surface area contributed by atoms with Crippen LogP contribution in [0.4, 0.5) is 0 Å². The summed E-state index contributed by atoms with van der Waals surface area (Å²) in [4.78, 5) is 0. The third-order valence-electron chi connectivity index (χ3n) is 7.10. The molecule has 0 saturated heterocycles. The molecule has 0 aliphatic carbocycles. The third-order valence-corrected chi connectivity index (χ3v) is 8.16. The van der Waals surface area contributed by atoms with Crippen molar-refractivity contribution in [3.05, 3.63) is 57.6 Å². The van der Waals surface area contributed by atoms with Crippen molar-refractivity contribution in [2.75, 3.05) is 6.61 Å². The first-order valence-electron chi connectivity index (χ1n) is 13.9. The SMILES string of the molecule is CCCCCCCCOP1Oc2c(cc(C)cc2C(C)(C)C)C(C)c2cc(C)cc(C(C)(C)C)c2O1. The van der Waals surface area contributed by atoms with Gasteiger partial charge in [-0.2, -0.15) is 0 Å². The van der Waals surface area contributed by atoms with Gasteiger partial charge in [0, 0.05) is 28.2 Å². The number of aryl methyl sites for hydroxylation is 2. The summed E-state index contributed by atoms with van der Waals surface area (Å²) in [6, 6.07) is 9.13. The Morgan fingerprint density at radius 2 is 1.17 bits per heavy atom. The van der Waals surface area contributed by atoms with Crippen molar-refractivity contribution >= 4 is 8.60 Å².